The highest BCUT2D eigenvalue weighted by Crippen LogP contribution is 2.32. The maximum atomic E-state index is 13.3. The van der Waals surface area contributed by atoms with Gasteiger partial charge in [-0.3, -0.25) is 9.78 Å². The Kier molecular flexibility index (Phi) is 4.41. The van der Waals surface area contributed by atoms with Crippen molar-refractivity contribution in [2.24, 2.45) is 0 Å². The lowest BCUT2D eigenvalue weighted by atomic mass is 9.99. The number of carbonyl (C=O) groups is 1. The number of amides is 1. The summed E-state index contributed by atoms with van der Waals surface area (Å²) >= 11 is 0. The fourth-order valence-electron chi connectivity index (χ4n) is 3.74. The lowest BCUT2D eigenvalue weighted by Gasteiger charge is -2.26. The molecule has 5 nitrogen and oxygen atoms in total. The smallest absolute Gasteiger partial charge is 0.252 e. The van der Waals surface area contributed by atoms with Gasteiger partial charge in [-0.05, 0) is 30.3 Å². The number of aromatic nitrogens is 2. The molecule has 2 aromatic heterocycles. The van der Waals surface area contributed by atoms with Gasteiger partial charge in [0.2, 0.25) is 0 Å². The van der Waals surface area contributed by atoms with E-state index in [4.69, 9.17) is 9.72 Å². The first-order valence-electron chi connectivity index (χ1n) is 9.63. The summed E-state index contributed by atoms with van der Waals surface area (Å²) in [6.07, 6.45) is 2.46. The van der Waals surface area contributed by atoms with E-state index in [0.717, 1.165) is 34.3 Å². The van der Waals surface area contributed by atoms with Crippen molar-refractivity contribution in [3.8, 4) is 17.1 Å². The Labute approximate surface area is 168 Å². The van der Waals surface area contributed by atoms with Crippen molar-refractivity contribution in [2.75, 3.05) is 6.61 Å². The maximum Gasteiger partial charge on any atom is 0.252 e. The van der Waals surface area contributed by atoms with Gasteiger partial charge in [0.25, 0.3) is 5.91 Å². The Morgan fingerprint density at radius 3 is 2.69 bits per heavy atom. The third-order valence-electron chi connectivity index (χ3n) is 5.15. The molecule has 4 aromatic rings. The molecule has 0 radical (unpaired) electrons. The van der Waals surface area contributed by atoms with Crippen LogP contribution >= 0.6 is 0 Å². The van der Waals surface area contributed by atoms with Crippen molar-refractivity contribution >= 4 is 16.8 Å². The average molecular weight is 381 g/mol. The van der Waals surface area contributed by atoms with E-state index in [1.54, 1.807) is 6.20 Å². The Balaban J connectivity index is 1.55. The van der Waals surface area contributed by atoms with E-state index in [0.29, 0.717) is 17.9 Å². The van der Waals surface area contributed by atoms with Crippen molar-refractivity contribution in [2.45, 2.75) is 12.5 Å². The van der Waals surface area contributed by atoms with Crippen LogP contribution in [-0.2, 0) is 0 Å². The molecule has 5 heteroatoms. The van der Waals surface area contributed by atoms with Crippen LogP contribution in [0.5, 0.6) is 5.75 Å². The number of nitrogens with zero attached hydrogens (tertiary/aromatic N) is 2. The molecule has 0 spiro atoms. The molecule has 1 aliphatic heterocycles. The molecule has 0 fully saturated rings. The summed E-state index contributed by atoms with van der Waals surface area (Å²) in [5, 5.41) is 4.02. The van der Waals surface area contributed by atoms with E-state index in [2.05, 4.69) is 10.3 Å². The van der Waals surface area contributed by atoms with Gasteiger partial charge in [-0.1, -0.05) is 42.5 Å². The first-order chi connectivity index (χ1) is 14.3. The first-order valence-corrected chi connectivity index (χ1v) is 9.63. The molecule has 1 unspecified atom stereocenters. The van der Waals surface area contributed by atoms with Gasteiger partial charge >= 0.3 is 0 Å². The molecular formula is C24H19N3O2. The Morgan fingerprint density at radius 1 is 0.966 bits per heavy atom. The van der Waals surface area contributed by atoms with Crippen molar-refractivity contribution in [1.29, 1.82) is 0 Å². The predicted molar refractivity (Wildman–Crippen MR) is 112 cm³/mol. The monoisotopic (exact) mass is 381 g/mol. The zero-order valence-corrected chi connectivity index (χ0v) is 15.7. The lowest BCUT2D eigenvalue weighted by Crippen LogP contribution is -2.32. The van der Waals surface area contributed by atoms with E-state index < -0.39 is 0 Å². The van der Waals surface area contributed by atoms with Crippen LogP contribution in [0.4, 0.5) is 0 Å². The van der Waals surface area contributed by atoms with Crippen LogP contribution in [0.1, 0.15) is 28.4 Å². The van der Waals surface area contributed by atoms with Crippen molar-refractivity contribution < 1.29 is 9.53 Å². The van der Waals surface area contributed by atoms with Crippen LogP contribution in [-0.4, -0.2) is 22.5 Å². The molecule has 1 aliphatic rings. The number of pyridine rings is 2. The van der Waals surface area contributed by atoms with Gasteiger partial charge in [0.15, 0.2) is 0 Å². The van der Waals surface area contributed by atoms with Crippen molar-refractivity contribution in [3.63, 3.8) is 0 Å². The predicted octanol–water partition coefficient (Wildman–Crippen LogP) is 4.55. The standard InChI is InChI=1S/C24H19N3O2/c28-24(27-20-12-14-29-23-11-4-2-8-17(20)23)18-15-22(21-10-5-6-13-25-21)26-19-9-3-1-7-16(18)19/h1-11,13,15,20H,12,14H2,(H,27,28). The molecule has 0 aliphatic carbocycles. The quantitative estimate of drug-likeness (QED) is 0.565. The van der Waals surface area contributed by atoms with Crippen LogP contribution in [0.2, 0.25) is 0 Å². The van der Waals surface area contributed by atoms with E-state index in [9.17, 15) is 4.79 Å². The molecule has 29 heavy (non-hydrogen) atoms. The Morgan fingerprint density at radius 2 is 1.79 bits per heavy atom. The highest BCUT2D eigenvalue weighted by Gasteiger charge is 2.24. The normalized spacial score (nSPS) is 15.4. The van der Waals surface area contributed by atoms with Crippen molar-refractivity contribution in [3.05, 3.63) is 90.1 Å². The largest absolute Gasteiger partial charge is 0.493 e. The number of hydrogen-bond donors (Lipinski definition) is 1. The summed E-state index contributed by atoms with van der Waals surface area (Å²) in [4.78, 5) is 22.4. The van der Waals surface area contributed by atoms with Gasteiger partial charge in [-0.2, -0.15) is 0 Å². The fourth-order valence-corrected chi connectivity index (χ4v) is 3.74. The molecule has 0 saturated carbocycles. The van der Waals surface area contributed by atoms with Crippen LogP contribution in [0.25, 0.3) is 22.3 Å². The SMILES string of the molecule is O=C(NC1CCOc2ccccc21)c1cc(-c2ccccn2)nc2ccccc12. The summed E-state index contributed by atoms with van der Waals surface area (Å²) < 4.78 is 5.72. The molecular weight excluding hydrogens is 362 g/mol. The number of carbonyl (C=O) groups excluding carboxylic acids is 1. The van der Waals surface area contributed by atoms with Gasteiger partial charge < -0.3 is 10.1 Å². The molecule has 142 valence electrons. The third kappa shape index (κ3) is 3.31. The molecule has 3 heterocycles. The Hall–Kier alpha value is -3.73. The number of rotatable bonds is 3. The molecule has 1 N–H and O–H groups in total. The van der Waals surface area contributed by atoms with Gasteiger partial charge in [-0.25, -0.2) is 4.98 Å². The molecule has 1 atom stereocenters. The third-order valence-corrected chi connectivity index (χ3v) is 5.15. The highest BCUT2D eigenvalue weighted by atomic mass is 16.5. The molecule has 0 bridgehead atoms. The zero-order chi connectivity index (χ0) is 19.6. The van der Waals surface area contributed by atoms with Gasteiger partial charge in [0.1, 0.15) is 5.75 Å². The van der Waals surface area contributed by atoms with Crippen molar-refractivity contribution in [1.82, 2.24) is 15.3 Å². The zero-order valence-electron chi connectivity index (χ0n) is 15.7. The molecule has 1 amide bonds. The second-order valence-corrected chi connectivity index (χ2v) is 6.99. The van der Waals surface area contributed by atoms with Gasteiger partial charge in [0.05, 0.1) is 35.1 Å². The minimum absolute atomic E-state index is 0.0855. The minimum atomic E-state index is -0.123. The number of nitrogens with one attached hydrogen (secondary N) is 1. The summed E-state index contributed by atoms with van der Waals surface area (Å²) in [5.41, 5.74) is 3.80. The second kappa shape index (κ2) is 7.36. The van der Waals surface area contributed by atoms with E-state index in [1.807, 2.05) is 72.8 Å². The summed E-state index contributed by atoms with van der Waals surface area (Å²) in [6, 6.07) is 23.0. The maximum absolute atomic E-state index is 13.3. The topological polar surface area (TPSA) is 64.1 Å². The van der Waals surface area contributed by atoms with Crippen LogP contribution in [0.15, 0.2) is 79.0 Å². The number of para-hydroxylation sites is 2. The van der Waals surface area contributed by atoms with Gasteiger partial charge in [0, 0.05) is 23.6 Å². The minimum Gasteiger partial charge on any atom is -0.493 e. The first kappa shape index (κ1) is 17.4. The molecule has 0 saturated heterocycles. The number of benzene rings is 2. The molecule has 5 rings (SSSR count). The Bertz CT molecular complexity index is 1190. The highest BCUT2D eigenvalue weighted by molar-refractivity contribution is 6.07. The summed E-state index contributed by atoms with van der Waals surface area (Å²) in [7, 11) is 0. The van der Waals surface area contributed by atoms with Crippen LogP contribution in [0, 0.1) is 0 Å². The van der Waals surface area contributed by atoms with E-state index in [-0.39, 0.29) is 11.9 Å². The number of ether oxygens (including phenoxy) is 1. The lowest BCUT2D eigenvalue weighted by molar-refractivity contribution is 0.0926. The summed E-state index contributed by atoms with van der Waals surface area (Å²) in [6.45, 7) is 0.582. The van der Waals surface area contributed by atoms with Gasteiger partial charge in [-0.15, -0.1) is 0 Å². The fraction of sp³-hybridized carbons (Fsp3) is 0.125. The van der Waals surface area contributed by atoms with Crippen LogP contribution in [0.3, 0.4) is 0 Å². The average Bonchev–Trinajstić information content (AvgIpc) is 2.79. The van der Waals surface area contributed by atoms with E-state index in [1.165, 1.54) is 0 Å². The van der Waals surface area contributed by atoms with E-state index >= 15 is 0 Å². The molecule has 2 aromatic carbocycles. The number of hydrogen-bond acceptors (Lipinski definition) is 4. The second-order valence-electron chi connectivity index (χ2n) is 6.99. The summed E-state index contributed by atoms with van der Waals surface area (Å²) in [5.74, 6) is 0.709. The number of fused-ring (bicyclic) bond motifs is 2. The van der Waals surface area contributed by atoms with Crippen LogP contribution < -0.4 is 10.1 Å².